The van der Waals surface area contributed by atoms with Gasteiger partial charge in [-0.3, -0.25) is 4.79 Å². The molecule has 1 atom stereocenters. The second kappa shape index (κ2) is 2.68. The summed E-state index contributed by atoms with van der Waals surface area (Å²) < 4.78 is 4.52. The lowest BCUT2D eigenvalue weighted by Crippen LogP contribution is -2.33. The van der Waals surface area contributed by atoms with Crippen LogP contribution in [0.2, 0.25) is 0 Å². The van der Waals surface area contributed by atoms with Gasteiger partial charge in [0.2, 0.25) is 0 Å². The van der Waals surface area contributed by atoms with Gasteiger partial charge in [0, 0.05) is 6.42 Å². The molecule has 0 aromatic carbocycles. The molecule has 0 aliphatic carbocycles. The zero-order valence-electron chi connectivity index (χ0n) is 5.72. The van der Waals surface area contributed by atoms with Crippen molar-refractivity contribution in [3.8, 4) is 0 Å². The first-order chi connectivity index (χ1) is 4.74. The lowest BCUT2D eigenvalue weighted by Gasteiger charge is -2.01. The van der Waals surface area contributed by atoms with Gasteiger partial charge in [-0.05, 0) is 0 Å². The predicted molar refractivity (Wildman–Crippen MR) is 33.6 cm³/mol. The van der Waals surface area contributed by atoms with Crippen molar-refractivity contribution < 1.29 is 14.3 Å². The van der Waals surface area contributed by atoms with Crippen LogP contribution in [-0.2, 0) is 9.53 Å². The minimum atomic E-state index is -0.494. The number of ketones is 1. The first-order valence-electron chi connectivity index (χ1n) is 3.20. The van der Waals surface area contributed by atoms with Crippen LogP contribution in [0.15, 0.2) is 0 Å². The van der Waals surface area contributed by atoms with E-state index in [1.54, 1.807) is 6.92 Å². The van der Waals surface area contributed by atoms with Crippen LogP contribution in [0.25, 0.3) is 0 Å². The van der Waals surface area contributed by atoms with Crippen LogP contribution in [0.3, 0.4) is 0 Å². The Labute approximate surface area is 58.5 Å². The Kier molecular flexibility index (Phi) is 1.89. The predicted octanol–water partition coefficient (Wildman–Crippen LogP) is 0.0739. The van der Waals surface area contributed by atoms with Crippen LogP contribution in [0.5, 0.6) is 0 Å². The number of cyclic esters (lactones) is 1. The highest BCUT2D eigenvalue weighted by Crippen LogP contribution is 2.00. The van der Waals surface area contributed by atoms with Gasteiger partial charge in [0.25, 0.3) is 0 Å². The van der Waals surface area contributed by atoms with E-state index in [-0.39, 0.29) is 12.4 Å². The van der Waals surface area contributed by atoms with E-state index in [9.17, 15) is 9.59 Å². The molecule has 1 N–H and O–H groups in total. The maximum Gasteiger partial charge on any atom is 0.407 e. The lowest BCUT2D eigenvalue weighted by atomic mass is 10.2. The average Bonchev–Trinajstić information content (AvgIpc) is 2.34. The third kappa shape index (κ3) is 1.26. The fraction of sp³-hybridized carbons (Fsp3) is 0.667. The Bertz CT molecular complexity index is 166. The molecule has 0 aromatic rings. The smallest absolute Gasteiger partial charge is 0.407 e. The molecular formula is C6H9NO3. The van der Waals surface area contributed by atoms with E-state index in [4.69, 9.17) is 0 Å². The molecule has 1 saturated heterocycles. The summed E-state index contributed by atoms with van der Waals surface area (Å²) in [6, 6.07) is -0.405. The maximum atomic E-state index is 10.9. The average molecular weight is 143 g/mol. The second-order valence-corrected chi connectivity index (χ2v) is 2.12. The normalized spacial score (nSPS) is 23.7. The third-order valence-corrected chi connectivity index (χ3v) is 1.41. The number of carbonyl (C=O) groups excluding carboxylic acids is 2. The summed E-state index contributed by atoms with van der Waals surface area (Å²) >= 11 is 0. The van der Waals surface area contributed by atoms with Gasteiger partial charge >= 0.3 is 6.09 Å². The summed E-state index contributed by atoms with van der Waals surface area (Å²) in [7, 11) is 0. The zero-order chi connectivity index (χ0) is 7.56. The van der Waals surface area contributed by atoms with Gasteiger partial charge in [-0.15, -0.1) is 0 Å². The highest BCUT2D eigenvalue weighted by Gasteiger charge is 2.26. The highest BCUT2D eigenvalue weighted by atomic mass is 16.6. The molecule has 1 rings (SSSR count). The van der Waals surface area contributed by atoms with E-state index < -0.39 is 12.1 Å². The Morgan fingerprint density at radius 2 is 2.60 bits per heavy atom. The van der Waals surface area contributed by atoms with E-state index in [0.717, 1.165) is 0 Å². The number of nitrogens with one attached hydrogen (secondary N) is 1. The third-order valence-electron chi connectivity index (χ3n) is 1.41. The number of hydrogen-bond donors (Lipinski definition) is 1. The van der Waals surface area contributed by atoms with Crippen LogP contribution in [-0.4, -0.2) is 24.5 Å². The molecule has 0 bridgehead atoms. The number of amides is 1. The summed E-state index contributed by atoms with van der Waals surface area (Å²) in [5.41, 5.74) is 0. The molecule has 1 heterocycles. The zero-order valence-corrected chi connectivity index (χ0v) is 5.72. The van der Waals surface area contributed by atoms with Gasteiger partial charge in [-0.25, -0.2) is 4.79 Å². The first-order valence-corrected chi connectivity index (χ1v) is 3.20. The van der Waals surface area contributed by atoms with Crippen molar-refractivity contribution >= 4 is 11.9 Å². The highest BCUT2D eigenvalue weighted by molar-refractivity contribution is 5.89. The van der Waals surface area contributed by atoms with Crippen LogP contribution in [0.4, 0.5) is 4.79 Å². The van der Waals surface area contributed by atoms with E-state index in [2.05, 4.69) is 10.1 Å². The topological polar surface area (TPSA) is 55.4 Å². The molecule has 1 fully saturated rings. The molecule has 1 aliphatic rings. The number of Topliss-reactive ketones (excluding diaryl/α,β-unsaturated/α-hetero) is 1. The molecular weight excluding hydrogens is 134 g/mol. The minimum absolute atomic E-state index is 0.0193. The number of carbonyl (C=O) groups is 2. The summed E-state index contributed by atoms with van der Waals surface area (Å²) in [5, 5.41) is 2.39. The number of hydrogen-bond acceptors (Lipinski definition) is 3. The summed E-state index contributed by atoms with van der Waals surface area (Å²) in [6.45, 7) is 1.94. The van der Waals surface area contributed by atoms with Gasteiger partial charge in [0.1, 0.15) is 12.6 Å². The van der Waals surface area contributed by atoms with Crippen LogP contribution in [0.1, 0.15) is 13.3 Å². The molecule has 4 nitrogen and oxygen atoms in total. The van der Waals surface area contributed by atoms with Gasteiger partial charge in [0.15, 0.2) is 5.78 Å². The Hall–Kier alpha value is -1.06. The molecule has 0 spiro atoms. The first kappa shape index (κ1) is 7.05. The maximum absolute atomic E-state index is 10.9. The van der Waals surface area contributed by atoms with E-state index >= 15 is 0 Å². The van der Waals surface area contributed by atoms with Crippen molar-refractivity contribution in [1.29, 1.82) is 0 Å². The monoisotopic (exact) mass is 143 g/mol. The van der Waals surface area contributed by atoms with Crippen molar-refractivity contribution in [2.24, 2.45) is 0 Å². The van der Waals surface area contributed by atoms with Crippen LogP contribution in [0, 0.1) is 0 Å². The number of rotatable bonds is 2. The van der Waals surface area contributed by atoms with Crippen LogP contribution >= 0.6 is 0 Å². The van der Waals surface area contributed by atoms with Gasteiger partial charge in [-0.2, -0.15) is 0 Å². The van der Waals surface area contributed by atoms with Crippen molar-refractivity contribution in [1.82, 2.24) is 5.32 Å². The van der Waals surface area contributed by atoms with Crippen molar-refractivity contribution in [3.05, 3.63) is 0 Å². The molecule has 1 unspecified atom stereocenters. The minimum Gasteiger partial charge on any atom is -0.447 e. The summed E-state index contributed by atoms with van der Waals surface area (Å²) in [4.78, 5) is 21.3. The molecule has 0 aromatic heterocycles. The van der Waals surface area contributed by atoms with Crippen molar-refractivity contribution in [2.45, 2.75) is 19.4 Å². The van der Waals surface area contributed by atoms with Gasteiger partial charge in [0.05, 0.1) is 0 Å². The van der Waals surface area contributed by atoms with Crippen molar-refractivity contribution in [2.75, 3.05) is 6.61 Å². The quantitative estimate of drug-likeness (QED) is 0.595. The van der Waals surface area contributed by atoms with Crippen LogP contribution < -0.4 is 5.32 Å². The van der Waals surface area contributed by atoms with Crippen molar-refractivity contribution in [3.63, 3.8) is 0 Å². The molecule has 4 heteroatoms. The molecule has 1 aliphatic heterocycles. The summed E-state index contributed by atoms with van der Waals surface area (Å²) in [5.74, 6) is 0.0193. The Morgan fingerprint density at radius 3 is 3.00 bits per heavy atom. The second-order valence-electron chi connectivity index (χ2n) is 2.12. The molecule has 0 radical (unpaired) electrons. The standard InChI is InChI=1S/C6H9NO3/c1-2-5(8)4-3-10-6(9)7-4/h4H,2-3H2,1H3,(H,7,9). The Balaban J connectivity index is 2.44. The number of alkyl carbamates (subject to hydrolysis) is 1. The van der Waals surface area contributed by atoms with Gasteiger partial charge < -0.3 is 10.1 Å². The molecule has 1 amide bonds. The summed E-state index contributed by atoms with van der Waals surface area (Å²) in [6.07, 6.45) is -0.0549. The number of ether oxygens (including phenoxy) is 1. The molecule has 56 valence electrons. The van der Waals surface area contributed by atoms with E-state index in [1.807, 2.05) is 0 Å². The van der Waals surface area contributed by atoms with Gasteiger partial charge in [-0.1, -0.05) is 6.92 Å². The lowest BCUT2D eigenvalue weighted by molar-refractivity contribution is -0.120. The SMILES string of the molecule is CCC(=O)C1COC(=O)N1. The molecule has 0 saturated carbocycles. The van der Waals surface area contributed by atoms with E-state index in [0.29, 0.717) is 6.42 Å². The molecule has 10 heavy (non-hydrogen) atoms. The fourth-order valence-electron chi connectivity index (χ4n) is 0.804. The largest absolute Gasteiger partial charge is 0.447 e. The Morgan fingerprint density at radius 1 is 1.90 bits per heavy atom. The fourth-order valence-corrected chi connectivity index (χ4v) is 0.804. The van der Waals surface area contributed by atoms with E-state index in [1.165, 1.54) is 0 Å².